The average molecular weight is 251 g/mol. The molecule has 0 bridgehead atoms. The van der Waals surface area contributed by atoms with Gasteiger partial charge in [-0.25, -0.2) is 4.98 Å². The maximum atomic E-state index is 5.58. The normalized spacial score (nSPS) is 14.6. The van der Waals surface area contributed by atoms with Crippen LogP contribution in [0, 0.1) is 0 Å². The van der Waals surface area contributed by atoms with Crippen molar-refractivity contribution in [3.63, 3.8) is 0 Å². The lowest BCUT2D eigenvalue weighted by atomic mass is 9.79. The van der Waals surface area contributed by atoms with Gasteiger partial charge in [-0.15, -0.1) is 0 Å². The number of hydrogen-bond donors (Lipinski definition) is 0. The second-order valence-electron chi connectivity index (χ2n) is 5.67. The van der Waals surface area contributed by atoms with Crippen LogP contribution in [0.15, 0.2) is 16.9 Å². The lowest BCUT2D eigenvalue weighted by Crippen LogP contribution is -2.22. The van der Waals surface area contributed by atoms with Crippen LogP contribution in [0.2, 0.25) is 0 Å². The van der Waals surface area contributed by atoms with Crippen molar-refractivity contribution in [3.8, 4) is 0 Å². The van der Waals surface area contributed by atoms with Crippen LogP contribution in [0.5, 0.6) is 0 Å². The van der Waals surface area contributed by atoms with Gasteiger partial charge < -0.3 is 4.42 Å². The van der Waals surface area contributed by atoms with Crippen LogP contribution in [0.1, 0.15) is 84.4 Å². The summed E-state index contributed by atoms with van der Waals surface area (Å²) in [5, 5.41) is 0. The molecule has 0 aliphatic rings. The molecule has 1 aromatic rings. The largest absolute Gasteiger partial charge is 0.448 e. The monoisotopic (exact) mass is 251 g/mol. The highest BCUT2D eigenvalue weighted by molar-refractivity contribution is 5.02. The minimum atomic E-state index is 0.145. The number of oxazole rings is 1. The van der Waals surface area contributed by atoms with Gasteiger partial charge in [0.05, 0.1) is 6.20 Å². The van der Waals surface area contributed by atoms with E-state index in [2.05, 4.69) is 25.8 Å². The number of rotatable bonds is 10. The van der Waals surface area contributed by atoms with E-state index >= 15 is 0 Å². The SMILES string of the molecule is CCCCCCC(C)(CCCCC)c1ncco1. The lowest BCUT2D eigenvalue weighted by Gasteiger charge is -2.26. The predicted octanol–water partition coefficient (Wildman–Crippen LogP) is 5.48. The first-order chi connectivity index (χ1) is 8.73. The Labute approximate surface area is 112 Å². The van der Waals surface area contributed by atoms with Crippen LogP contribution < -0.4 is 0 Å². The fraction of sp³-hybridized carbons (Fsp3) is 0.812. The number of nitrogens with zero attached hydrogens (tertiary/aromatic N) is 1. The predicted molar refractivity (Wildman–Crippen MR) is 76.8 cm³/mol. The molecule has 0 spiro atoms. The molecule has 0 aliphatic heterocycles. The summed E-state index contributed by atoms with van der Waals surface area (Å²) in [7, 11) is 0. The molecule has 1 atom stereocenters. The molecule has 2 heteroatoms. The molecular formula is C16H29NO. The molecule has 0 N–H and O–H groups in total. The minimum Gasteiger partial charge on any atom is -0.448 e. The third-order valence-electron chi connectivity index (χ3n) is 3.86. The summed E-state index contributed by atoms with van der Waals surface area (Å²) in [5.41, 5.74) is 0.145. The molecule has 0 fully saturated rings. The molecule has 104 valence electrons. The van der Waals surface area contributed by atoms with E-state index in [0.29, 0.717) is 0 Å². The van der Waals surface area contributed by atoms with E-state index in [1.165, 1.54) is 57.8 Å². The third kappa shape index (κ3) is 4.83. The third-order valence-corrected chi connectivity index (χ3v) is 3.86. The second-order valence-corrected chi connectivity index (χ2v) is 5.67. The fourth-order valence-electron chi connectivity index (χ4n) is 2.57. The Hall–Kier alpha value is -0.790. The molecule has 1 heterocycles. The molecule has 0 saturated carbocycles. The van der Waals surface area contributed by atoms with Crippen LogP contribution in [-0.4, -0.2) is 4.98 Å². The Kier molecular flexibility index (Phi) is 7.07. The van der Waals surface area contributed by atoms with Gasteiger partial charge in [0.25, 0.3) is 0 Å². The van der Waals surface area contributed by atoms with Gasteiger partial charge in [0.1, 0.15) is 6.26 Å². The summed E-state index contributed by atoms with van der Waals surface area (Å²) >= 11 is 0. The molecule has 0 amide bonds. The van der Waals surface area contributed by atoms with Gasteiger partial charge in [-0.2, -0.15) is 0 Å². The second kappa shape index (κ2) is 8.34. The van der Waals surface area contributed by atoms with Crippen molar-refractivity contribution in [1.29, 1.82) is 0 Å². The van der Waals surface area contributed by atoms with Crippen molar-refractivity contribution in [2.75, 3.05) is 0 Å². The van der Waals surface area contributed by atoms with Crippen LogP contribution >= 0.6 is 0 Å². The molecular weight excluding hydrogens is 222 g/mol. The van der Waals surface area contributed by atoms with E-state index in [0.717, 1.165) is 5.89 Å². The Morgan fingerprint density at radius 1 is 1.00 bits per heavy atom. The molecule has 0 aliphatic carbocycles. The Morgan fingerprint density at radius 2 is 1.61 bits per heavy atom. The van der Waals surface area contributed by atoms with E-state index in [1.54, 1.807) is 12.5 Å². The summed E-state index contributed by atoms with van der Waals surface area (Å²) in [6.45, 7) is 6.83. The van der Waals surface area contributed by atoms with Crippen molar-refractivity contribution in [2.24, 2.45) is 0 Å². The molecule has 0 aromatic carbocycles. The summed E-state index contributed by atoms with van der Waals surface area (Å²) in [4.78, 5) is 4.40. The standard InChI is InChI=1S/C16H29NO/c1-4-6-8-10-12-16(3,11-9-7-5-2)15-17-13-14-18-15/h13-14H,4-12H2,1-3H3. The molecule has 1 rings (SSSR count). The van der Waals surface area contributed by atoms with Gasteiger partial charge in [0, 0.05) is 5.41 Å². The first kappa shape index (κ1) is 15.3. The maximum Gasteiger partial charge on any atom is 0.199 e. The minimum absolute atomic E-state index is 0.145. The topological polar surface area (TPSA) is 26.0 Å². The van der Waals surface area contributed by atoms with E-state index in [9.17, 15) is 0 Å². The van der Waals surface area contributed by atoms with Crippen LogP contribution in [-0.2, 0) is 5.41 Å². The van der Waals surface area contributed by atoms with Gasteiger partial charge in [0.2, 0.25) is 0 Å². The van der Waals surface area contributed by atoms with Gasteiger partial charge in [-0.3, -0.25) is 0 Å². The fourth-order valence-corrected chi connectivity index (χ4v) is 2.57. The van der Waals surface area contributed by atoms with Crippen molar-refractivity contribution >= 4 is 0 Å². The summed E-state index contributed by atoms with van der Waals surface area (Å²) < 4.78 is 5.58. The highest BCUT2D eigenvalue weighted by Crippen LogP contribution is 2.34. The van der Waals surface area contributed by atoms with Crippen molar-refractivity contribution < 1.29 is 4.42 Å². The van der Waals surface area contributed by atoms with E-state index < -0.39 is 0 Å². The quantitative estimate of drug-likeness (QED) is 0.514. The lowest BCUT2D eigenvalue weighted by molar-refractivity contribution is 0.288. The Morgan fingerprint density at radius 3 is 2.17 bits per heavy atom. The summed E-state index contributed by atoms with van der Waals surface area (Å²) in [6, 6.07) is 0. The Balaban J connectivity index is 2.51. The van der Waals surface area contributed by atoms with E-state index in [-0.39, 0.29) is 5.41 Å². The van der Waals surface area contributed by atoms with Crippen LogP contribution in [0.3, 0.4) is 0 Å². The zero-order chi connectivity index (χ0) is 13.3. The first-order valence-corrected chi connectivity index (χ1v) is 7.63. The van der Waals surface area contributed by atoms with Crippen LogP contribution in [0.25, 0.3) is 0 Å². The van der Waals surface area contributed by atoms with Crippen molar-refractivity contribution in [1.82, 2.24) is 4.98 Å². The zero-order valence-corrected chi connectivity index (χ0v) is 12.4. The molecule has 0 saturated heterocycles. The maximum absolute atomic E-state index is 5.58. The van der Waals surface area contributed by atoms with Gasteiger partial charge in [0.15, 0.2) is 5.89 Å². The van der Waals surface area contributed by atoms with E-state index in [1.807, 2.05) is 0 Å². The van der Waals surface area contributed by atoms with Gasteiger partial charge in [-0.05, 0) is 12.8 Å². The van der Waals surface area contributed by atoms with E-state index in [4.69, 9.17) is 4.42 Å². The van der Waals surface area contributed by atoms with Crippen LogP contribution in [0.4, 0.5) is 0 Å². The van der Waals surface area contributed by atoms with Crippen molar-refractivity contribution in [2.45, 2.75) is 84.0 Å². The van der Waals surface area contributed by atoms with Gasteiger partial charge >= 0.3 is 0 Å². The molecule has 1 aromatic heterocycles. The molecule has 1 unspecified atom stereocenters. The zero-order valence-electron chi connectivity index (χ0n) is 12.4. The molecule has 0 radical (unpaired) electrons. The summed E-state index contributed by atoms with van der Waals surface area (Å²) in [5.74, 6) is 0.940. The molecule has 18 heavy (non-hydrogen) atoms. The molecule has 2 nitrogen and oxygen atoms in total. The highest BCUT2D eigenvalue weighted by atomic mass is 16.3. The summed E-state index contributed by atoms with van der Waals surface area (Å²) in [6.07, 6.45) is 15.0. The number of aromatic nitrogens is 1. The van der Waals surface area contributed by atoms with Crippen molar-refractivity contribution in [3.05, 3.63) is 18.4 Å². The highest BCUT2D eigenvalue weighted by Gasteiger charge is 2.29. The average Bonchev–Trinajstić information content (AvgIpc) is 2.89. The Bertz CT molecular complexity index is 294. The van der Waals surface area contributed by atoms with Gasteiger partial charge in [-0.1, -0.05) is 65.7 Å². The number of unbranched alkanes of at least 4 members (excludes halogenated alkanes) is 5. The number of hydrogen-bond acceptors (Lipinski definition) is 2. The first-order valence-electron chi connectivity index (χ1n) is 7.63. The smallest absolute Gasteiger partial charge is 0.199 e.